The largest absolute Gasteiger partial charge is 0.478 e. The lowest BCUT2D eigenvalue weighted by Crippen LogP contribution is -2.13. The standard InChI is InChI=1S/C13H9IN2O4/c14-7-3-4-10(9(6-7)13(18)19)20-12-8(11(15)17)2-1-5-16-12/h1-6H,(H2,15,17)(H,18,19). The van der Waals surface area contributed by atoms with Crippen LogP contribution in [0.25, 0.3) is 0 Å². The molecule has 0 aliphatic heterocycles. The van der Waals surface area contributed by atoms with Gasteiger partial charge in [-0.25, -0.2) is 9.78 Å². The van der Waals surface area contributed by atoms with Crippen molar-refractivity contribution in [1.29, 1.82) is 0 Å². The van der Waals surface area contributed by atoms with E-state index in [9.17, 15) is 9.59 Å². The van der Waals surface area contributed by atoms with E-state index in [2.05, 4.69) is 4.98 Å². The number of carboxylic acids is 1. The summed E-state index contributed by atoms with van der Waals surface area (Å²) in [7, 11) is 0. The molecule has 6 nitrogen and oxygen atoms in total. The molecule has 20 heavy (non-hydrogen) atoms. The number of nitrogens with two attached hydrogens (primary N) is 1. The van der Waals surface area contributed by atoms with Crippen LogP contribution in [0.2, 0.25) is 0 Å². The van der Waals surface area contributed by atoms with Crippen LogP contribution in [0.5, 0.6) is 11.6 Å². The number of nitrogens with zero attached hydrogens (tertiary/aromatic N) is 1. The number of amides is 1. The van der Waals surface area contributed by atoms with Crippen LogP contribution in [-0.4, -0.2) is 22.0 Å². The van der Waals surface area contributed by atoms with E-state index >= 15 is 0 Å². The summed E-state index contributed by atoms with van der Waals surface area (Å²) in [5, 5.41) is 9.15. The van der Waals surface area contributed by atoms with Crippen molar-refractivity contribution in [3.8, 4) is 11.6 Å². The SMILES string of the molecule is NC(=O)c1cccnc1Oc1ccc(I)cc1C(=O)O. The second kappa shape index (κ2) is 5.87. The summed E-state index contributed by atoms with van der Waals surface area (Å²) in [5.74, 6) is -1.76. The molecule has 0 saturated heterocycles. The van der Waals surface area contributed by atoms with Gasteiger partial charge in [0.1, 0.15) is 16.9 Å². The molecule has 1 aromatic carbocycles. The molecule has 1 aromatic heterocycles. The number of carboxylic acid groups (broad SMARTS) is 1. The van der Waals surface area contributed by atoms with Gasteiger partial charge >= 0.3 is 5.97 Å². The van der Waals surface area contributed by atoms with E-state index < -0.39 is 11.9 Å². The quantitative estimate of drug-likeness (QED) is 0.788. The van der Waals surface area contributed by atoms with E-state index in [4.69, 9.17) is 15.6 Å². The zero-order valence-corrected chi connectivity index (χ0v) is 12.2. The van der Waals surface area contributed by atoms with Crippen LogP contribution in [-0.2, 0) is 0 Å². The van der Waals surface area contributed by atoms with E-state index in [1.165, 1.54) is 24.4 Å². The lowest BCUT2D eigenvalue weighted by molar-refractivity contribution is 0.0694. The van der Waals surface area contributed by atoms with E-state index in [1.54, 1.807) is 12.1 Å². The Bertz CT molecular complexity index is 688. The van der Waals surface area contributed by atoms with Gasteiger partial charge in [0.15, 0.2) is 0 Å². The molecule has 3 N–H and O–H groups in total. The summed E-state index contributed by atoms with van der Waals surface area (Å²) in [6, 6.07) is 7.65. The van der Waals surface area contributed by atoms with Gasteiger partial charge in [-0.3, -0.25) is 4.79 Å². The molecule has 7 heteroatoms. The Balaban J connectivity index is 2.45. The summed E-state index contributed by atoms with van der Waals surface area (Å²) in [6.07, 6.45) is 1.43. The highest BCUT2D eigenvalue weighted by Gasteiger charge is 2.16. The van der Waals surface area contributed by atoms with Crippen LogP contribution in [0, 0.1) is 3.57 Å². The monoisotopic (exact) mass is 384 g/mol. The number of carbonyl (C=O) groups excluding carboxylic acids is 1. The number of hydrogen-bond acceptors (Lipinski definition) is 4. The maximum absolute atomic E-state index is 11.3. The van der Waals surface area contributed by atoms with Crippen LogP contribution in [0.15, 0.2) is 36.5 Å². The fourth-order valence-corrected chi connectivity index (χ4v) is 2.01. The highest BCUT2D eigenvalue weighted by atomic mass is 127. The Kier molecular flexibility index (Phi) is 4.18. The minimum Gasteiger partial charge on any atom is -0.478 e. The number of aromatic nitrogens is 1. The molecule has 0 radical (unpaired) electrons. The molecule has 0 bridgehead atoms. The summed E-state index contributed by atoms with van der Waals surface area (Å²) >= 11 is 2.00. The van der Waals surface area contributed by atoms with Crippen molar-refractivity contribution in [2.45, 2.75) is 0 Å². The minimum absolute atomic E-state index is 0.0158. The molecule has 102 valence electrons. The van der Waals surface area contributed by atoms with E-state index in [0.717, 1.165) is 3.57 Å². The van der Waals surface area contributed by atoms with Crippen LogP contribution in [0.4, 0.5) is 0 Å². The van der Waals surface area contributed by atoms with E-state index in [-0.39, 0.29) is 22.8 Å². The first-order valence-electron chi connectivity index (χ1n) is 5.44. The van der Waals surface area contributed by atoms with Crippen LogP contribution < -0.4 is 10.5 Å². The van der Waals surface area contributed by atoms with Crippen molar-refractivity contribution in [2.24, 2.45) is 5.73 Å². The molecule has 0 unspecified atom stereocenters. The van der Waals surface area contributed by atoms with Gasteiger partial charge in [0.05, 0.1) is 0 Å². The second-order valence-corrected chi connectivity index (χ2v) is 5.01. The van der Waals surface area contributed by atoms with Gasteiger partial charge in [-0.05, 0) is 52.9 Å². The maximum Gasteiger partial charge on any atom is 0.339 e. The molecule has 0 fully saturated rings. The number of aromatic carboxylic acids is 1. The molecule has 0 saturated carbocycles. The fourth-order valence-electron chi connectivity index (χ4n) is 1.52. The van der Waals surface area contributed by atoms with Crippen molar-refractivity contribution < 1.29 is 19.4 Å². The highest BCUT2D eigenvalue weighted by Crippen LogP contribution is 2.27. The van der Waals surface area contributed by atoms with Crippen molar-refractivity contribution in [3.63, 3.8) is 0 Å². The topological polar surface area (TPSA) is 103 Å². The average molecular weight is 384 g/mol. The van der Waals surface area contributed by atoms with Crippen LogP contribution in [0.3, 0.4) is 0 Å². The number of pyridine rings is 1. The number of rotatable bonds is 4. The minimum atomic E-state index is -1.13. The smallest absolute Gasteiger partial charge is 0.339 e. The van der Waals surface area contributed by atoms with Gasteiger partial charge < -0.3 is 15.6 Å². The number of hydrogen-bond donors (Lipinski definition) is 2. The lowest BCUT2D eigenvalue weighted by atomic mass is 10.2. The molecule has 0 aliphatic rings. The lowest BCUT2D eigenvalue weighted by Gasteiger charge is -2.10. The zero-order valence-electron chi connectivity index (χ0n) is 10.0. The van der Waals surface area contributed by atoms with Crippen molar-refractivity contribution >= 4 is 34.5 Å². The first-order valence-corrected chi connectivity index (χ1v) is 6.52. The zero-order chi connectivity index (χ0) is 14.7. The van der Waals surface area contributed by atoms with E-state index in [0.29, 0.717) is 0 Å². The average Bonchev–Trinajstić information content (AvgIpc) is 2.41. The Hall–Kier alpha value is -2.16. The molecule has 0 aliphatic carbocycles. The van der Waals surface area contributed by atoms with Gasteiger partial charge in [-0.2, -0.15) is 0 Å². The highest BCUT2D eigenvalue weighted by molar-refractivity contribution is 14.1. The third-order valence-electron chi connectivity index (χ3n) is 2.42. The normalized spacial score (nSPS) is 10.1. The Labute approximate surface area is 127 Å². The molecule has 1 heterocycles. The van der Waals surface area contributed by atoms with Crippen molar-refractivity contribution in [2.75, 3.05) is 0 Å². The molecule has 2 rings (SSSR count). The van der Waals surface area contributed by atoms with Gasteiger partial charge in [-0.1, -0.05) is 0 Å². The van der Waals surface area contributed by atoms with Gasteiger partial charge in [0.25, 0.3) is 5.91 Å². The summed E-state index contributed by atoms with van der Waals surface area (Å²) < 4.78 is 6.18. The third-order valence-corrected chi connectivity index (χ3v) is 3.09. The fraction of sp³-hybridized carbons (Fsp3) is 0. The maximum atomic E-state index is 11.3. The second-order valence-electron chi connectivity index (χ2n) is 3.77. The molecular formula is C13H9IN2O4. The van der Waals surface area contributed by atoms with Gasteiger partial charge in [0, 0.05) is 9.77 Å². The molecule has 0 atom stereocenters. The molecule has 2 aromatic rings. The number of carbonyl (C=O) groups is 2. The first-order chi connectivity index (χ1) is 9.49. The molecular weight excluding hydrogens is 375 g/mol. The Morgan fingerprint density at radius 1 is 1.25 bits per heavy atom. The van der Waals surface area contributed by atoms with Crippen molar-refractivity contribution in [3.05, 3.63) is 51.2 Å². The molecule has 1 amide bonds. The number of benzene rings is 1. The van der Waals surface area contributed by atoms with Gasteiger partial charge in [-0.15, -0.1) is 0 Å². The predicted molar refractivity (Wildman–Crippen MR) is 78.9 cm³/mol. The van der Waals surface area contributed by atoms with Crippen LogP contribution in [0.1, 0.15) is 20.7 Å². The number of ether oxygens (including phenoxy) is 1. The third kappa shape index (κ3) is 3.05. The first kappa shape index (κ1) is 14.3. The summed E-state index contributed by atoms with van der Waals surface area (Å²) in [4.78, 5) is 26.4. The van der Waals surface area contributed by atoms with Crippen molar-refractivity contribution in [1.82, 2.24) is 4.98 Å². The Morgan fingerprint density at radius 2 is 2.00 bits per heavy atom. The Morgan fingerprint density at radius 3 is 2.65 bits per heavy atom. The number of primary amides is 1. The van der Waals surface area contributed by atoms with Gasteiger partial charge in [0.2, 0.25) is 5.88 Å². The van der Waals surface area contributed by atoms with E-state index in [1.807, 2.05) is 22.6 Å². The number of halogens is 1. The summed E-state index contributed by atoms with van der Waals surface area (Å²) in [5.41, 5.74) is 5.28. The van der Waals surface area contributed by atoms with Crippen LogP contribution >= 0.6 is 22.6 Å². The summed E-state index contributed by atoms with van der Waals surface area (Å²) in [6.45, 7) is 0. The predicted octanol–water partition coefficient (Wildman–Crippen LogP) is 2.28. The molecule has 0 spiro atoms.